The third-order valence-corrected chi connectivity index (χ3v) is 6.13. The Kier molecular flexibility index (Phi) is 5.22. The number of nitrogens with one attached hydrogen (secondary N) is 1. The molecule has 0 amide bonds. The lowest BCUT2D eigenvalue weighted by Gasteiger charge is -2.29. The molecule has 31 heavy (non-hydrogen) atoms. The van der Waals surface area contributed by atoms with Gasteiger partial charge in [-0.05, 0) is 73.7 Å². The van der Waals surface area contributed by atoms with Crippen LogP contribution in [0.5, 0.6) is 0 Å². The standard InChI is InChI=1S/C25H21ClN4S/c1-17-10-12-19(13-11-17)30-24(23(28-25(30)31)21-8-2-3-14-27-21)22-9-5-15-29(22)20-7-4-6-18(26)16-20/h2-16,23-24H,1H3,(H,28,31)/t23-,24-/m0/s1. The molecule has 0 saturated carbocycles. The molecule has 0 unspecified atom stereocenters. The monoisotopic (exact) mass is 444 g/mol. The predicted octanol–water partition coefficient (Wildman–Crippen LogP) is 6.01. The average molecular weight is 445 g/mol. The fourth-order valence-corrected chi connectivity index (χ4v) is 4.67. The van der Waals surface area contributed by atoms with Gasteiger partial charge in [-0.3, -0.25) is 4.98 Å². The van der Waals surface area contributed by atoms with E-state index in [-0.39, 0.29) is 12.1 Å². The molecular formula is C25H21ClN4S. The van der Waals surface area contributed by atoms with Crippen LogP contribution in [-0.2, 0) is 0 Å². The van der Waals surface area contributed by atoms with Crippen molar-refractivity contribution in [2.75, 3.05) is 4.90 Å². The molecule has 4 nitrogen and oxygen atoms in total. The summed E-state index contributed by atoms with van der Waals surface area (Å²) in [5.41, 5.74) is 5.32. The van der Waals surface area contributed by atoms with E-state index in [0.717, 1.165) is 22.8 Å². The van der Waals surface area contributed by atoms with Gasteiger partial charge in [-0.1, -0.05) is 41.4 Å². The first-order chi connectivity index (χ1) is 15.1. The van der Waals surface area contributed by atoms with Crippen LogP contribution in [0.25, 0.3) is 5.69 Å². The Morgan fingerprint density at radius 1 is 0.935 bits per heavy atom. The molecule has 2 atom stereocenters. The van der Waals surface area contributed by atoms with E-state index < -0.39 is 0 Å². The lowest BCUT2D eigenvalue weighted by atomic mass is 10.0. The summed E-state index contributed by atoms with van der Waals surface area (Å²) in [5, 5.41) is 4.90. The Morgan fingerprint density at radius 2 is 1.77 bits per heavy atom. The van der Waals surface area contributed by atoms with E-state index in [1.165, 1.54) is 5.56 Å². The van der Waals surface area contributed by atoms with Crippen LogP contribution in [0.2, 0.25) is 5.02 Å². The number of benzene rings is 2. The summed E-state index contributed by atoms with van der Waals surface area (Å²) in [6, 6.07) is 26.3. The fourth-order valence-electron chi connectivity index (χ4n) is 4.14. The van der Waals surface area contributed by atoms with Gasteiger partial charge in [0, 0.05) is 34.5 Å². The second kappa shape index (κ2) is 8.17. The van der Waals surface area contributed by atoms with Gasteiger partial charge in [-0.25, -0.2) is 0 Å². The summed E-state index contributed by atoms with van der Waals surface area (Å²) in [7, 11) is 0. The van der Waals surface area contributed by atoms with Gasteiger partial charge in [-0.15, -0.1) is 0 Å². The number of rotatable bonds is 4. The van der Waals surface area contributed by atoms with Crippen molar-refractivity contribution >= 4 is 34.6 Å². The fraction of sp³-hybridized carbons (Fsp3) is 0.120. The molecule has 2 aromatic carbocycles. The van der Waals surface area contributed by atoms with Crippen molar-refractivity contribution in [2.45, 2.75) is 19.0 Å². The maximum Gasteiger partial charge on any atom is 0.174 e. The van der Waals surface area contributed by atoms with E-state index in [9.17, 15) is 0 Å². The second-order valence-electron chi connectivity index (χ2n) is 7.62. The maximum atomic E-state index is 6.29. The zero-order valence-electron chi connectivity index (χ0n) is 16.9. The van der Waals surface area contributed by atoms with Crippen LogP contribution in [0.15, 0.2) is 91.3 Å². The minimum Gasteiger partial charge on any atom is -0.351 e. The van der Waals surface area contributed by atoms with Gasteiger partial charge < -0.3 is 14.8 Å². The van der Waals surface area contributed by atoms with Crippen molar-refractivity contribution < 1.29 is 0 Å². The second-order valence-corrected chi connectivity index (χ2v) is 8.44. The van der Waals surface area contributed by atoms with Crippen molar-refractivity contribution in [3.05, 3.63) is 113 Å². The average Bonchev–Trinajstić information content (AvgIpc) is 3.39. The van der Waals surface area contributed by atoms with E-state index in [0.29, 0.717) is 10.1 Å². The normalized spacial score (nSPS) is 18.3. The molecule has 4 aromatic rings. The van der Waals surface area contributed by atoms with Crippen molar-refractivity contribution in [3.63, 3.8) is 0 Å². The van der Waals surface area contributed by atoms with Gasteiger partial charge in [0.25, 0.3) is 0 Å². The van der Waals surface area contributed by atoms with E-state index in [1.54, 1.807) is 0 Å². The zero-order valence-corrected chi connectivity index (χ0v) is 18.5. The van der Waals surface area contributed by atoms with Gasteiger partial charge in [0.1, 0.15) is 6.04 Å². The van der Waals surface area contributed by atoms with Gasteiger partial charge in [0.2, 0.25) is 0 Å². The summed E-state index contributed by atoms with van der Waals surface area (Å²) in [6.45, 7) is 2.09. The molecule has 2 aromatic heterocycles. The number of hydrogen-bond acceptors (Lipinski definition) is 2. The first kappa shape index (κ1) is 19.8. The number of aryl methyl sites for hydroxylation is 1. The Balaban J connectivity index is 1.67. The van der Waals surface area contributed by atoms with Gasteiger partial charge in [0.15, 0.2) is 5.11 Å². The molecule has 1 fully saturated rings. The predicted molar refractivity (Wildman–Crippen MR) is 130 cm³/mol. The molecule has 154 valence electrons. The zero-order chi connectivity index (χ0) is 21.4. The SMILES string of the molecule is Cc1ccc(N2C(=S)N[C@@H](c3ccccn3)[C@@H]2c2cccn2-c2cccc(Cl)c2)cc1. The lowest BCUT2D eigenvalue weighted by Crippen LogP contribution is -2.30. The van der Waals surface area contributed by atoms with Crippen LogP contribution in [0.3, 0.4) is 0 Å². The van der Waals surface area contributed by atoms with Crippen LogP contribution in [-0.4, -0.2) is 14.7 Å². The quantitative estimate of drug-likeness (QED) is 0.391. The molecule has 3 heterocycles. The number of thiocarbonyl (C=S) groups is 1. The Morgan fingerprint density at radius 3 is 2.52 bits per heavy atom. The summed E-state index contributed by atoms with van der Waals surface area (Å²) >= 11 is 12.1. The molecule has 0 spiro atoms. The summed E-state index contributed by atoms with van der Waals surface area (Å²) in [5.74, 6) is 0. The smallest absolute Gasteiger partial charge is 0.174 e. The van der Waals surface area contributed by atoms with Crippen molar-refractivity contribution in [2.24, 2.45) is 0 Å². The van der Waals surface area contributed by atoms with E-state index in [1.807, 2.05) is 42.6 Å². The number of anilines is 1. The molecule has 1 N–H and O–H groups in total. The first-order valence-corrected chi connectivity index (χ1v) is 10.9. The third-order valence-electron chi connectivity index (χ3n) is 5.58. The van der Waals surface area contributed by atoms with E-state index in [2.05, 4.69) is 75.4 Å². The molecule has 6 heteroatoms. The van der Waals surface area contributed by atoms with Crippen molar-refractivity contribution in [1.29, 1.82) is 0 Å². The molecule has 0 radical (unpaired) electrons. The Hall–Kier alpha value is -3.15. The lowest BCUT2D eigenvalue weighted by molar-refractivity contribution is 0.549. The highest BCUT2D eigenvalue weighted by molar-refractivity contribution is 7.80. The molecule has 5 rings (SSSR count). The molecule has 1 saturated heterocycles. The van der Waals surface area contributed by atoms with Crippen molar-refractivity contribution in [3.8, 4) is 5.69 Å². The van der Waals surface area contributed by atoms with Crippen LogP contribution in [0.1, 0.15) is 29.0 Å². The van der Waals surface area contributed by atoms with E-state index in [4.69, 9.17) is 23.8 Å². The topological polar surface area (TPSA) is 33.1 Å². The summed E-state index contributed by atoms with van der Waals surface area (Å²) in [6.07, 6.45) is 3.88. The van der Waals surface area contributed by atoms with Gasteiger partial charge in [-0.2, -0.15) is 0 Å². The third kappa shape index (κ3) is 3.71. The van der Waals surface area contributed by atoms with E-state index >= 15 is 0 Å². The molecule has 1 aliphatic rings. The highest BCUT2D eigenvalue weighted by Gasteiger charge is 2.42. The van der Waals surface area contributed by atoms with Gasteiger partial charge in [0.05, 0.1) is 11.7 Å². The number of aromatic nitrogens is 2. The number of nitrogens with zero attached hydrogens (tertiary/aromatic N) is 3. The number of hydrogen-bond donors (Lipinski definition) is 1. The van der Waals surface area contributed by atoms with Crippen LogP contribution in [0.4, 0.5) is 5.69 Å². The summed E-state index contributed by atoms with van der Waals surface area (Å²) in [4.78, 5) is 6.82. The highest BCUT2D eigenvalue weighted by atomic mass is 35.5. The van der Waals surface area contributed by atoms with Crippen molar-refractivity contribution in [1.82, 2.24) is 14.9 Å². The number of halogens is 1. The Labute approximate surface area is 192 Å². The molecule has 0 aliphatic carbocycles. The number of pyridine rings is 1. The maximum absolute atomic E-state index is 6.29. The molecule has 1 aliphatic heterocycles. The minimum atomic E-state index is -0.0946. The van der Waals surface area contributed by atoms with Crippen LogP contribution >= 0.6 is 23.8 Å². The minimum absolute atomic E-state index is 0.0842. The van der Waals surface area contributed by atoms with Gasteiger partial charge >= 0.3 is 0 Å². The Bertz CT molecular complexity index is 1220. The van der Waals surface area contributed by atoms with Crippen LogP contribution < -0.4 is 10.2 Å². The van der Waals surface area contributed by atoms with Crippen LogP contribution in [0, 0.1) is 6.92 Å². The first-order valence-electron chi connectivity index (χ1n) is 10.1. The largest absolute Gasteiger partial charge is 0.351 e. The highest BCUT2D eigenvalue weighted by Crippen LogP contribution is 2.42. The molecular weight excluding hydrogens is 424 g/mol. The molecule has 0 bridgehead atoms. The summed E-state index contributed by atoms with van der Waals surface area (Å²) < 4.78 is 2.17.